The molecule has 0 heterocycles. The van der Waals surface area contributed by atoms with Crippen molar-refractivity contribution in [1.82, 2.24) is 0 Å². The number of aliphatic hydroxyl groups is 1. The van der Waals surface area contributed by atoms with Crippen LogP contribution in [0, 0.1) is 46.3 Å². The fourth-order valence-electron chi connectivity index (χ4n) is 11.2. The maximum Gasteiger partial charge on any atom is 0.261 e. The van der Waals surface area contributed by atoms with E-state index in [9.17, 15) is 5.11 Å². The van der Waals surface area contributed by atoms with Gasteiger partial charge in [0.05, 0.1) is 6.10 Å². The Bertz CT molecular complexity index is 1530. The monoisotopic (exact) mass is 710 g/mol. The lowest BCUT2D eigenvalue weighted by Gasteiger charge is -2.45. The molecule has 0 aromatic heterocycles. The molecule has 4 fully saturated rings. The quantitative estimate of drug-likeness (QED) is 0.103. The second-order valence-electron chi connectivity index (χ2n) is 18.4. The molecule has 4 nitrogen and oxygen atoms in total. The third-order valence-electron chi connectivity index (χ3n) is 13.6. The van der Waals surface area contributed by atoms with Gasteiger partial charge in [0.2, 0.25) is 0 Å². The smallest absolute Gasteiger partial charge is 0.261 e. The minimum atomic E-state index is -2.63. The number of allylic oxidation sites excluding steroid dienone is 1. The average molecular weight is 711 g/mol. The number of ether oxygens (including phenoxy) is 2. The molecule has 0 aliphatic heterocycles. The van der Waals surface area contributed by atoms with Gasteiger partial charge in [-0.3, -0.25) is 0 Å². The summed E-state index contributed by atoms with van der Waals surface area (Å²) < 4.78 is 19.2. The molecule has 2 aromatic rings. The van der Waals surface area contributed by atoms with Crippen LogP contribution in [0.3, 0.4) is 0 Å². The first-order chi connectivity index (χ1) is 24.1. The molecule has 4 aliphatic rings. The van der Waals surface area contributed by atoms with Crippen LogP contribution in [0.2, 0.25) is 5.04 Å². The van der Waals surface area contributed by atoms with Crippen LogP contribution in [0.15, 0.2) is 72.3 Å². The topological polar surface area (TPSA) is 47.9 Å². The maximum atomic E-state index is 12.1. The Kier molecular flexibility index (Phi) is 11.3. The fraction of sp³-hybridized carbons (Fsp3) is 0.652. The molecule has 0 saturated heterocycles. The van der Waals surface area contributed by atoms with Gasteiger partial charge in [0.15, 0.2) is 6.29 Å². The van der Waals surface area contributed by atoms with Gasteiger partial charge >= 0.3 is 0 Å². The summed E-state index contributed by atoms with van der Waals surface area (Å²) in [5.41, 5.74) is 1.24. The highest BCUT2D eigenvalue weighted by molar-refractivity contribution is 6.99. The summed E-state index contributed by atoms with van der Waals surface area (Å²) in [4.78, 5) is 0. The summed E-state index contributed by atoms with van der Waals surface area (Å²) >= 11 is 0. The zero-order chi connectivity index (χ0) is 36.7. The second-order valence-corrected chi connectivity index (χ2v) is 22.6. The molecular formula is C46H66O4Si. The van der Waals surface area contributed by atoms with E-state index in [1.54, 1.807) is 0 Å². The van der Waals surface area contributed by atoms with Gasteiger partial charge in [0.1, 0.15) is 5.60 Å². The minimum absolute atomic E-state index is 0.0354. The van der Waals surface area contributed by atoms with E-state index in [1.807, 2.05) is 27.7 Å². The van der Waals surface area contributed by atoms with Gasteiger partial charge in [0.25, 0.3) is 8.32 Å². The van der Waals surface area contributed by atoms with Crippen LogP contribution in [0.4, 0.5) is 0 Å². The van der Waals surface area contributed by atoms with Crippen LogP contribution in [-0.2, 0) is 13.9 Å². The van der Waals surface area contributed by atoms with Gasteiger partial charge in [0, 0.05) is 24.5 Å². The molecule has 9 atom stereocenters. The molecular weight excluding hydrogens is 645 g/mol. The maximum absolute atomic E-state index is 12.1. The standard InChI is InChI=1S/C46H66O4Si/c1-10-48-34(3)49-44(7,8)27-17-19-33(2)40-25-26-41-35(20-18-28-45(40,41)9)29-42(47)46-31-36(46)30-37(32-46)50-51(43(4,5)6,38-21-13-11-14-22-38)39-23-15-12-16-24-39/h11-16,21-24,29,33-34,36-37,40-42,47H,10,18-20,25-26,28,30-32H2,1-9H3/b35-29+/t33-,34?,36+,37+,40-,41-,42+,45-,46-/m1/s1. The van der Waals surface area contributed by atoms with Crippen LogP contribution < -0.4 is 10.4 Å². The van der Waals surface area contributed by atoms with Crippen molar-refractivity contribution < 1.29 is 19.0 Å². The number of hydrogen-bond donors (Lipinski definition) is 1. The van der Waals surface area contributed by atoms with Crippen molar-refractivity contribution >= 4 is 18.7 Å². The van der Waals surface area contributed by atoms with Gasteiger partial charge in [-0.2, -0.15) is 0 Å². The number of aliphatic hydroxyl groups excluding tert-OH is 1. The molecule has 51 heavy (non-hydrogen) atoms. The minimum Gasteiger partial charge on any atom is -0.404 e. The summed E-state index contributed by atoms with van der Waals surface area (Å²) in [5.74, 6) is 9.19. The molecule has 278 valence electrons. The molecule has 1 N–H and O–H groups in total. The molecule has 2 aromatic carbocycles. The Morgan fingerprint density at radius 2 is 1.61 bits per heavy atom. The van der Waals surface area contributed by atoms with Gasteiger partial charge in [-0.1, -0.05) is 119 Å². The molecule has 0 bridgehead atoms. The zero-order valence-electron chi connectivity index (χ0n) is 33.1. The largest absolute Gasteiger partial charge is 0.404 e. The number of rotatable bonds is 12. The van der Waals surface area contributed by atoms with E-state index in [2.05, 4.69) is 113 Å². The molecule has 0 spiro atoms. The summed E-state index contributed by atoms with van der Waals surface area (Å²) in [6.07, 6.45) is 12.0. The van der Waals surface area contributed by atoms with Gasteiger partial charge in [-0.25, -0.2) is 0 Å². The normalized spacial score (nSPS) is 31.7. The van der Waals surface area contributed by atoms with Crippen molar-refractivity contribution in [1.29, 1.82) is 0 Å². The van der Waals surface area contributed by atoms with Crippen molar-refractivity contribution in [3.63, 3.8) is 0 Å². The van der Waals surface area contributed by atoms with Crippen molar-refractivity contribution in [3.05, 3.63) is 72.3 Å². The van der Waals surface area contributed by atoms with E-state index < -0.39 is 20.0 Å². The molecule has 4 saturated carbocycles. The van der Waals surface area contributed by atoms with Crippen molar-refractivity contribution in [2.45, 2.75) is 149 Å². The number of fused-ring (bicyclic) bond motifs is 2. The van der Waals surface area contributed by atoms with Gasteiger partial charge in [-0.05, 0) is 124 Å². The van der Waals surface area contributed by atoms with Crippen LogP contribution in [-0.4, -0.2) is 44.1 Å². The Hall–Kier alpha value is -2.20. The fourth-order valence-corrected chi connectivity index (χ4v) is 15.9. The summed E-state index contributed by atoms with van der Waals surface area (Å²) in [5, 5.41) is 14.8. The van der Waals surface area contributed by atoms with Gasteiger partial charge in [-0.15, -0.1) is 0 Å². The van der Waals surface area contributed by atoms with Crippen molar-refractivity contribution in [2.24, 2.45) is 34.5 Å². The first-order valence-corrected chi connectivity index (χ1v) is 22.0. The third-order valence-corrected chi connectivity index (χ3v) is 18.6. The highest BCUT2D eigenvalue weighted by Crippen LogP contribution is 2.67. The van der Waals surface area contributed by atoms with E-state index in [4.69, 9.17) is 13.9 Å². The van der Waals surface area contributed by atoms with E-state index in [1.165, 1.54) is 41.6 Å². The summed E-state index contributed by atoms with van der Waals surface area (Å²) in [6.45, 7) is 20.7. The number of benzene rings is 2. The third kappa shape index (κ3) is 7.61. The lowest BCUT2D eigenvalue weighted by atomic mass is 9.60. The van der Waals surface area contributed by atoms with Crippen LogP contribution in [0.25, 0.3) is 0 Å². The molecule has 1 unspecified atom stereocenters. The predicted octanol–water partition coefficient (Wildman–Crippen LogP) is 9.44. The molecule has 0 radical (unpaired) electrons. The molecule has 6 rings (SSSR count). The summed E-state index contributed by atoms with van der Waals surface area (Å²) in [6, 6.07) is 22.0. The van der Waals surface area contributed by atoms with Crippen LogP contribution >= 0.6 is 0 Å². The van der Waals surface area contributed by atoms with Crippen molar-refractivity contribution in [2.75, 3.05) is 6.61 Å². The van der Waals surface area contributed by atoms with E-state index in [0.29, 0.717) is 30.3 Å². The molecule has 0 amide bonds. The zero-order valence-corrected chi connectivity index (χ0v) is 34.1. The number of hydrogen-bond acceptors (Lipinski definition) is 4. The van der Waals surface area contributed by atoms with E-state index >= 15 is 0 Å². The summed E-state index contributed by atoms with van der Waals surface area (Å²) in [7, 11) is -2.63. The van der Waals surface area contributed by atoms with E-state index in [-0.39, 0.29) is 28.3 Å². The first kappa shape index (κ1) is 38.5. The molecule has 5 heteroatoms. The average Bonchev–Trinajstić information content (AvgIpc) is 3.45. The Balaban J connectivity index is 1.15. The molecule has 4 aliphatic carbocycles. The predicted molar refractivity (Wildman–Crippen MR) is 212 cm³/mol. The second kappa shape index (κ2) is 14.9. The highest BCUT2D eigenvalue weighted by atomic mass is 28.4. The van der Waals surface area contributed by atoms with Gasteiger partial charge < -0.3 is 19.0 Å². The highest BCUT2D eigenvalue weighted by Gasteiger charge is 2.65. The lowest BCUT2D eigenvalue weighted by Crippen LogP contribution is -2.67. The SMILES string of the molecule is CCOC(C)OC(C)(C)C#CC[C@@H](C)[C@H]1CC[C@@H]2/C(=C/[C@H](O)[C@]34C[C@@H](O[Si](c5ccccc5)(c5ccccc5)C(C)(C)C)C[C@H]3C4)CCC[C@@]21C. The van der Waals surface area contributed by atoms with Crippen LogP contribution in [0.5, 0.6) is 0 Å². The van der Waals surface area contributed by atoms with E-state index in [0.717, 1.165) is 32.1 Å². The van der Waals surface area contributed by atoms with Crippen molar-refractivity contribution in [3.8, 4) is 11.8 Å². The Labute approximate surface area is 311 Å². The van der Waals surface area contributed by atoms with Crippen LogP contribution in [0.1, 0.15) is 120 Å². The lowest BCUT2D eigenvalue weighted by molar-refractivity contribution is -0.169. The Morgan fingerprint density at radius 3 is 2.22 bits per heavy atom. The Morgan fingerprint density at radius 1 is 0.961 bits per heavy atom. The first-order valence-electron chi connectivity index (χ1n) is 20.1.